The lowest BCUT2D eigenvalue weighted by molar-refractivity contribution is 1.25. The maximum absolute atomic E-state index is 5.69. The summed E-state index contributed by atoms with van der Waals surface area (Å²) in [5.74, 6) is 0. The minimum atomic E-state index is 0.819. The Hall–Kier alpha value is -7.04. The molecule has 9 aromatic carbocycles. The second kappa shape index (κ2) is 12.4. The van der Waals surface area contributed by atoms with E-state index < -0.39 is 0 Å². The van der Waals surface area contributed by atoms with Gasteiger partial charge in [0.1, 0.15) is 11.0 Å². The highest BCUT2D eigenvalue weighted by Gasteiger charge is 2.24. The van der Waals surface area contributed by atoms with Gasteiger partial charge in [0.05, 0.1) is 22.4 Å². The first-order valence-corrected chi connectivity index (χ1v) is 17.6. The number of nitrogens with zero attached hydrogens (tertiary/aromatic N) is 4. The van der Waals surface area contributed by atoms with Gasteiger partial charge in [0.25, 0.3) is 0 Å². The van der Waals surface area contributed by atoms with Crippen molar-refractivity contribution in [3.63, 3.8) is 0 Å². The highest BCUT2D eigenvalue weighted by atomic mass is 15.2. The van der Waals surface area contributed by atoms with E-state index in [-0.39, 0.29) is 0 Å². The Balaban J connectivity index is 1.36. The van der Waals surface area contributed by atoms with Crippen molar-refractivity contribution in [3.05, 3.63) is 194 Å². The molecule has 52 heavy (non-hydrogen) atoms. The number of hydrogen-bond acceptors (Lipinski definition) is 4. The predicted octanol–water partition coefficient (Wildman–Crippen LogP) is 13.2. The summed E-state index contributed by atoms with van der Waals surface area (Å²) >= 11 is 0. The van der Waals surface area contributed by atoms with Gasteiger partial charge in [-0.3, -0.25) is 0 Å². The predicted molar refractivity (Wildman–Crippen MR) is 219 cm³/mol. The van der Waals surface area contributed by atoms with Crippen molar-refractivity contribution < 1.29 is 0 Å². The van der Waals surface area contributed by atoms with Crippen LogP contribution in [0.25, 0.3) is 54.4 Å². The van der Waals surface area contributed by atoms with Gasteiger partial charge in [-0.2, -0.15) is 0 Å². The van der Waals surface area contributed by atoms with Crippen LogP contribution < -0.4 is 9.80 Å². The molecule has 0 saturated carbocycles. The highest BCUT2D eigenvalue weighted by Crippen LogP contribution is 2.46. The summed E-state index contributed by atoms with van der Waals surface area (Å²) in [6, 6.07) is 68.3. The summed E-state index contributed by atoms with van der Waals surface area (Å²) in [4.78, 5) is 16.0. The van der Waals surface area contributed by atoms with Crippen LogP contribution in [-0.4, -0.2) is 9.97 Å². The smallest absolute Gasteiger partial charge is 0.116 e. The van der Waals surface area contributed by atoms with E-state index in [4.69, 9.17) is 9.97 Å². The van der Waals surface area contributed by atoms with Crippen LogP contribution in [0.3, 0.4) is 0 Å². The van der Waals surface area contributed by atoms with Crippen LogP contribution in [0, 0.1) is 0 Å². The topological polar surface area (TPSA) is 32.3 Å². The molecule has 0 N–H and O–H groups in total. The minimum Gasteiger partial charge on any atom is -0.308 e. The molecule has 244 valence electrons. The van der Waals surface area contributed by atoms with Crippen LogP contribution in [-0.2, 0) is 0 Å². The van der Waals surface area contributed by atoms with E-state index in [2.05, 4.69) is 204 Å². The van der Waals surface area contributed by atoms with Gasteiger partial charge in [-0.25, -0.2) is 9.97 Å². The normalized spacial score (nSPS) is 11.5. The largest absolute Gasteiger partial charge is 0.308 e. The van der Waals surface area contributed by atoms with Crippen LogP contribution in [0.2, 0.25) is 0 Å². The Bertz CT molecular complexity index is 2870. The molecule has 0 spiro atoms. The number of para-hydroxylation sites is 3. The van der Waals surface area contributed by atoms with Gasteiger partial charge in [-0.1, -0.05) is 133 Å². The summed E-state index contributed by atoms with van der Waals surface area (Å²) in [5, 5.41) is 6.88. The van der Waals surface area contributed by atoms with Gasteiger partial charge in [-0.15, -0.1) is 0 Å². The van der Waals surface area contributed by atoms with Crippen molar-refractivity contribution in [2.45, 2.75) is 0 Å². The zero-order valence-corrected chi connectivity index (χ0v) is 28.3. The molecular weight excluding hydrogens is 633 g/mol. The van der Waals surface area contributed by atoms with E-state index >= 15 is 0 Å². The van der Waals surface area contributed by atoms with Gasteiger partial charge in [0.2, 0.25) is 0 Å². The second-order valence-electron chi connectivity index (χ2n) is 13.0. The van der Waals surface area contributed by atoms with Gasteiger partial charge in [-0.05, 0) is 82.2 Å². The van der Waals surface area contributed by atoms with Crippen molar-refractivity contribution in [1.29, 1.82) is 0 Å². The molecule has 0 amide bonds. The third-order valence-electron chi connectivity index (χ3n) is 9.95. The van der Waals surface area contributed by atoms with Crippen molar-refractivity contribution in [2.24, 2.45) is 0 Å². The van der Waals surface area contributed by atoms with Crippen molar-refractivity contribution in [1.82, 2.24) is 9.97 Å². The number of rotatable bonds is 6. The van der Waals surface area contributed by atoms with Crippen molar-refractivity contribution >= 4 is 88.5 Å². The summed E-state index contributed by atoms with van der Waals surface area (Å²) in [6.07, 6.45) is 0. The standard InChI is InChI=1S/C48H32N4/c1-4-18-35(19-5-1)51(36-20-6-2-7-21-36)43-30-31-44(52(37-22-8-3-9-23-37)38-29-28-33-16-10-11-17-34(33)32-38)48-47(43)49-45-41-26-14-12-24-39(41)40-25-13-15-27-42(40)46(45)50-48/h1-32H. The fraction of sp³-hybridized carbons (Fsp3) is 0. The average molecular weight is 665 g/mol. The van der Waals surface area contributed by atoms with E-state index in [0.29, 0.717) is 0 Å². The van der Waals surface area contributed by atoms with Crippen molar-refractivity contribution in [2.75, 3.05) is 9.80 Å². The van der Waals surface area contributed by atoms with E-state index in [1.165, 1.54) is 21.5 Å². The summed E-state index contributed by atoms with van der Waals surface area (Å²) in [6.45, 7) is 0. The molecule has 0 aliphatic rings. The molecule has 0 aliphatic carbocycles. The lowest BCUT2D eigenvalue weighted by Gasteiger charge is -2.30. The number of benzene rings is 9. The highest BCUT2D eigenvalue weighted by molar-refractivity contribution is 6.24. The lowest BCUT2D eigenvalue weighted by atomic mass is 9.99. The first-order valence-electron chi connectivity index (χ1n) is 17.6. The van der Waals surface area contributed by atoms with Crippen LogP contribution in [0.15, 0.2) is 194 Å². The molecule has 0 saturated heterocycles. The summed E-state index contributed by atoms with van der Waals surface area (Å²) in [7, 11) is 0. The van der Waals surface area contributed by atoms with Gasteiger partial charge in [0.15, 0.2) is 0 Å². The monoisotopic (exact) mass is 664 g/mol. The first kappa shape index (κ1) is 29.8. The van der Waals surface area contributed by atoms with E-state index in [1.54, 1.807) is 0 Å². The Morgan fingerprint density at radius 2 is 0.654 bits per heavy atom. The number of fused-ring (bicyclic) bond motifs is 8. The van der Waals surface area contributed by atoms with Gasteiger partial charge < -0.3 is 9.80 Å². The summed E-state index contributed by atoms with van der Waals surface area (Å²) < 4.78 is 0. The van der Waals surface area contributed by atoms with Crippen LogP contribution in [0.1, 0.15) is 0 Å². The van der Waals surface area contributed by atoms with Crippen LogP contribution >= 0.6 is 0 Å². The van der Waals surface area contributed by atoms with E-state index in [1.807, 2.05) is 0 Å². The van der Waals surface area contributed by atoms with Gasteiger partial charge in [0, 0.05) is 33.5 Å². The molecule has 4 heteroatoms. The van der Waals surface area contributed by atoms with E-state index in [9.17, 15) is 0 Å². The Kier molecular flexibility index (Phi) is 7.10. The molecule has 0 atom stereocenters. The molecule has 0 fully saturated rings. The fourth-order valence-electron chi connectivity index (χ4n) is 7.60. The molecule has 0 aliphatic heterocycles. The molecule has 1 aromatic heterocycles. The molecule has 10 aromatic rings. The zero-order valence-electron chi connectivity index (χ0n) is 28.3. The third-order valence-corrected chi connectivity index (χ3v) is 9.95. The molecular formula is C48H32N4. The SMILES string of the molecule is c1ccc(N(c2ccccc2)c2ccc(N(c3ccccc3)c3ccc4ccccc4c3)c3nc4c5ccccc5c5ccccc5c4nc23)cc1. The van der Waals surface area contributed by atoms with Crippen LogP contribution in [0.4, 0.5) is 34.1 Å². The van der Waals surface area contributed by atoms with Crippen LogP contribution in [0.5, 0.6) is 0 Å². The number of anilines is 6. The molecule has 4 nitrogen and oxygen atoms in total. The molecule has 10 rings (SSSR count). The minimum absolute atomic E-state index is 0.819. The molecule has 1 heterocycles. The number of hydrogen-bond donors (Lipinski definition) is 0. The fourth-order valence-corrected chi connectivity index (χ4v) is 7.60. The Labute approximate surface area is 301 Å². The molecule has 0 bridgehead atoms. The number of aromatic nitrogens is 2. The first-order chi connectivity index (χ1) is 25.8. The Morgan fingerprint density at radius 3 is 1.13 bits per heavy atom. The Morgan fingerprint density at radius 1 is 0.269 bits per heavy atom. The van der Waals surface area contributed by atoms with Crippen molar-refractivity contribution in [3.8, 4) is 0 Å². The quantitative estimate of drug-likeness (QED) is 0.131. The lowest BCUT2D eigenvalue weighted by Crippen LogP contribution is -2.14. The second-order valence-corrected chi connectivity index (χ2v) is 13.0. The summed E-state index contributed by atoms with van der Waals surface area (Å²) in [5.41, 5.74) is 9.49. The molecule has 0 radical (unpaired) electrons. The average Bonchev–Trinajstić information content (AvgIpc) is 3.22. The zero-order chi connectivity index (χ0) is 34.4. The van der Waals surface area contributed by atoms with Gasteiger partial charge >= 0.3 is 0 Å². The molecule has 0 unspecified atom stereocenters. The maximum Gasteiger partial charge on any atom is 0.116 e. The van der Waals surface area contributed by atoms with E-state index in [0.717, 1.165) is 67.0 Å². The maximum atomic E-state index is 5.69. The third kappa shape index (κ3) is 4.92.